The van der Waals surface area contributed by atoms with Gasteiger partial charge in [0.15, 0.2) is 0 Å². The van der Waals surface area contributed by atoms with Gasteiger partial charge in [0.1, 0.15) is 11.4 Å². The molecule has 3 aromatic rings. The predicted octanol–water partition coefficient (Wildman–Crippen LogP) is 5.40. The van der Waals surface area contributed by atoms with Crippen LogP contribution in [0.5, 0.6) is 5.75 Å². The molecule has 0 aliphatic carbocycles. The Bertz CT molecular complexity index is 1190. The summed E-state index contributed by atoms with van der Waals surface area (Å²) in [4.78, 5) is 29.8. The molecule has 0 N–H and O–H groups in total. The lowest BCUT2D eigenvalue weighted by atomic mass is 10.0. The number of nitrogens with zero attached hydrogens (tertiary/aromatic N) is 2. The molecule has 4 rings (SSSR count). The molecular weight excluding hydrogens is 433 g/mol. The maximum atomic E-state index is 13.6. The Balaban J connectivity index is 1.79. The molecule has 0 saturated carbocycles. The van der Waals surface area contributed by atoms with Crippen LogP contribution in [0.3, 0.4) is 0 Å². The Morgan fingerprint density at radius 3 is 1.94 bits per heavy atom. The molecule has 2 amide bonds. The highest BCUT2D eigenvalue weighted by atomic mass is 19.4. The lowest BCUT2D eigenvalue weighted by Crippen LogP contribution is -2.35. The van der Waals surface area contributed by atoms with Crippen LogP contribution < -0.4 is 14.5 Å². The Hall–Kier alpha value is -4.07. The standard InChI is InChI=1S/C25H19F3N2O3/c1-2-29(18-11-7-4-8-12-18)22-21(17-9-5-3-6-10-17)23(31)30(24(22)32)19-13-15-20(16-14-19)33-25(26,27)28/h3-16H,2H2,1H3. The molecule has 3 aromatic carbocycles. The van der Waals surface area contributed by atoms with Crippen molar-refractivity contribution in [3.63, 3.8) is 0 Å². The number of imide groups is 1. The summed E-state index contributed by atoms with van der Waals surface area (Å²) in [5.41, 5.74) is 1.88. The maximum Gasteiger partial charge on any atom is 0.573 e. The minimum atomic E-state index is -4.84. The zero-order chi connectivity index (χ0) is 23.6. The van der Waals surface area contributed by atoms with Gasteiger partial charge in [0.25, 0.3) is 11.8 Å². The number of hydrogen-bond acceptors (Lipinski definition) is 4. The molecule has 0 bridgehead atoms. The third-order valence-corrected chi connectivity index (χ3v) is 5.10. The fourth-order valence-corrected chi connectivity index (χ4v) is 3.74. The van der Waals surface area contributed by atoms with E-state index in [0.717, 1.165) is 22.7 Å². The Kier molecular flexibility index (Phi) is 5.91. The summed E-state index contributed by atoms with van der Waals surface area (Å²) in [6.45, 7) is 2.28. The van der Waals surface area contributed by atoms with Gasteiger partial charge in [-0.05, 0) is 48.9 Å². The van der Waals surface area contributed by atoms with Crippen LogP contribution in [0.25, 0.3) is 5.57 Å². The molecule has 1 aliphatic rings. The first kappa shape index (κ1) is 22.1. The summed E-state index contributed by atoms with van der Waals surface area (Å²) in [6.07, 6.45) is -4.84. The largest absolute Gasteiger partial charge is 0.573 e. The van der Waals surface area contributed by atoms with E-state index in [4.69, 9.17) is 0 Å². The van der Waals surface area contributed by atoms with E-state index >= 15 is 0 Å². The van der Waals surface area contributed by atoms with E-state index in [9.17, 15) is 22.8 Å². The molecule has 0 saturated heterocycles. The van der Waals surface area contributed by atoms with Crippen molar-refractivity contribution in [1.82, 2.24) is 0 Å². The summed E-state index contributed by atoms with van der Waals surface area (Å²) in [5.74, 6) is -1.56. The molecule has 0 aromatic heterocycles. The van der Waals surface area contributed by atoms with Gasteiger partial charge in [-0.1, -0.05) is 48.5 Å². The topological polar surface area (TPSA) is 49.9 Å². The fourth-order valence-electron chi connectivity index (χ4n) is 3.74. The van der Waals surface area contributed by atoms with E-state index in [0.29, 0.717) is 12.1 Å². The number of para-hydroxylation sites is 1. The van der Waals surface area contributed by atoms with E-state index < -0.39 is 23.9 Å². The molecule has 1 aliphatic heterocycles. The highest BCUT2D eigenvalue weighted by molar-refractivity contribution is 6.46. The lowest BCUT2D eigenvalue weighted by Gasteiger charge is -2.25. The van der Waals surface area contributed by atoms with Gasteiger partial charge >= 0.3 is 6.36 Å². The number of rotatable bonds is 6. The Morgan fingerprint density at radius 1 is 0.818 bits per heavy atom. The summed E-state index contributed by atoms with van der Waals surface area (Å²) < 4.78 is 41.4. The molecule has 168 valence electrons. The van der Waals surface area contributed by atoms with Crippen LogP contribution in [-0.2, 0) is 9.59 Å². The first-order chi connectivity index (χ1) is 15.8. The molecule has 5 nitrogen and oxygen atoms in total. The van der Waals surface area contributed by atoms with Crippen molar-refractivity contribution in [3.05, 3.63) is 96.2 Å². The fraction of sp³-hybridized carbons (Fsp3) is 0.120. The van der Waals surface area contributed by atoms with Crippen molar-refractivity contribution in [3.8, 4) is 5.75 Å². The quantitative estimate of drug-likeness (QED) is 0.470. The van der Waals surface area contributed by atoms with Crippen molar-refractivity contribution in [2.75, 3.05) is 16.3 Å². The van der Waals surface area contributed by atoms with Crippen LogP contribution in [0.2, 0.25) is 0 Å². The van der Waals surface area contributed by atoms with Crippen LogP contribution in [0.1, 0.15) is 12.5 Å². The van der Waals surface area contributed by atoms with Crippen LogP contribution in [0, 0.1) is 0 Å². The van der Waals surface area contributed by atoms with Gasteiger partial charge in [0.2, 0.25) is 0 Å². The second-order valence-electron chi connectivity index (χ2n) is 7.16. The van der Waals surface area contributed by atoms with Gasteiger partial charge in [-0.15, -0.1) is 13.2 Å². The van der Waals surface area contributed by atoms with Crippen molar-refractivity contribution in [1.29, 1.82) is 0 Å². The molecule has 33 heavy (non-hydrogen) atoms. The zero-order valence-electron chi connectivity index (χ0n) is 17.5. The Morgan fingerprint density at radius 2 is 1.39 bits per heavy atom. The van der Waals surface area contributed by atoms with Crippen molar-refractivity contribution in [2.24, 2.45) is 0 Å². The monoisotopic (exact) mass is 452 g/mol. The summed E-state index contributed by atoms with van der Waals surface area (Å²) >= 11 is 0. The van der Waals surface area contributed by atoms with E-state index in [1.54, 1.807) is 35.2 Å². The van der Waals surface area contributed by atoms with Crippen LogP contribution >= 0.6 is 0 Å². The van der Waals surface area contributed by atoms with Gasteiger partial charge < -0.3 is 9.64 Å². The molecule has 0 radical (unpaired) electrons. The van der Waals surface area contributed by atoms with E-state index in [1.165, 1.54) is 12.1 Å². The summed E-state index contributed by atoms with van der Waals surface area (Å²) in [7, 11) is 0. The molecule has 0 fully saturated rings. The highest BCUT2D eigenvalue weighted by Crippen LogP contribution is 2.37. The number of carbonyl (C=O) groups excluding carboxylic acids is 2. The number of anilines is 2. The second kappa shape index (κ2) is 8.82. The molecule has 0 spiro atoms. The van der Waals surface area contributed by atoms with Gasteiger partial charge in [0, 0.05) is 12.2 Å². The molecule has 1 heterocycles. The van der Waals surface area contributed by atoms with E-state index in [1.807, 2.05) is 37.3 Å². The predicted molar refractivity (Wildman–Crippen MR) is 118 cm³/mol. The molecule has 8 heteroatoms. The van der Waals surface area contributed by atoms with Gasteiger partial charge in [0.05, 0.1) is 11.3 Å². The number of likely N-dealkylation sites (N-methyl/N-ethyl adjacent to an activating group) is 1. The van der Waals surface area contributed by atoms with Gasteiger partial charge in [-0.25, -0.2) is 4.90 Å². The number of alkyl halides is 3. The lowest BCUT2D eigenvalue weighted by molar-refractivity contribution is -0.274. The minimum Gasteiger partial charge on any atom is -0.406 e. The third-order valence-electron chi connectivity index (χ3n) is 5.10. The highest BCUT2D eigenvalue weighted by Gasteiger charge is 2.42. The first-order valence-corrected chi connectivity index (χ1v) is 10.2. The van der Waals surface area contributed by atoms with Crippen molar-refractivity contribution < 1.29 is 27.5 Å². The van der Waals surface area contributed by atoms with Crippen LogP contribution in [-0.4, -0.2) is 24.7 Å². The maximum absolute atomic E-state index is 13.6. The second-order valence-corrected chi connectivity index (χ2v) is 7.16. The van der Waals surface area contributed by atoms with Gasteiger partial charge in [-0.3, -0.25) is 9.59 Å². The van der Waals surface area contributed by atoms with Crippen molar-refractivity contribution >= 4 is 28.8 Å². The minimum absolute atomic E-state index is 0.145. The first-order valence-electron chi connectivity index (χ1n) is 10.2. The molecular formula is C25H19F3N2O3. The number of carbonyl (C=O) groups is 2. The summed E-state index contributed by atoms with van der Waals surface area (Å²) in [6, 6.07) is 22.6. The van der Waals surface area contributed by atoms with Crippen LogP contribution in [0.15, 0.2) is 90.6 Å². The van der Waals surface area contributed by atoms with Crippen molar-refractivity contribution in [2.45, 2.75) is 13.3 Å². The SMILES string of the molecule is CCN(C1=C(c2ccccc2)C(=O)N(c2ccc(OC(F)(F)F)cc2)C1=O)c1ccccc1. The number of ether oxygens (including phenoxy) is 1. The molecule has 0 atom stereocenters. The average molecular weight is 452 g/mol. The Labute approximate surface area is 188 Å². The van der Waals surface area contributed by atoms with Gasteiger partial charge in [-0.2, -0.15) is 0 Å². The normalized spacial score (nSPS) is 14.1. The zero-order valence-corrected chi connectivity index (χ0v) is 17.5. The third kappa shape index (κ3) is 4.45. The van der Waals surface area contributed by atoms with Crippen LogP contribution in [0.4, 0.5) is 24.5 Å². The molecule has 0 unspecified atom stereocenters. The van der Waals surface area contributed by atoms with E-state index in [2.05, 4.69) is 4.74 Å². The smallest absolute Gasteiger partial charge is 0.406 e. The average Bonchev–Trinajstić information content (AvgIpc) is 3.05. The summed E-state index contributed by atoms with van der Waals surface area (Å²) in [5, 5.41) is 0. The number of amides is 2. The number of halogens is 3. The number of benzene rings is 3. The van der Waals surface area contributed by atoms with E-state index in [-0.39, 0.29) is 17.0 Å². The number of hydrogen-bond donors (Lipinski definition) is 0.